The van der Waals surface area contributed by atoms with Crippen molar-refractivity contribution in [3.8, 4) is 11.1 Å². The van der Waals surface area contributed by atoms with E-state index in [1.165, 1.54) is 11.9 Å². The van der Waals surface area contributed by atoms with Crippen molar-refractivity contribution in [3.05, 3.63) is 41.7 Å². The van der Waals surface area contributed by atoms with Crippen molar-refractivity contribution in [1.29, 1.82) is 0 Å². The number of nitrogens with zero attached hydrogens (tertiary/aromatic N) is 2. The number of fused-ring (bicyclic) bond motifs is 1. The zero-order valence-corrected chi connectivity index (χ0v) is 18.4. The number of rotatable bonds is 8. The topological polar surface area (TPSA) is 193 Å². The summed E-state index contributed by atoms with van der Waals surface area (Å²) in [4.78, 5) is 8.71. The smallest absolute Gasteiger partial charge is 0.154 e. The summed E-state index contributed by atoms with van der Waals surface area (Å²) in [7, 11) is 0. The summed E-state index contributed by atoms with van der Waals surface area (Å²) < 4.78 is 3.39. The van der Waals surface area contributed by atoms with E-state index in [9.17, 15) is 0 Å². The van der Waals surface area contributed by atoms with E-state index < -0.39 is 0 Å². The van der Waals surface area contributed by atoms with Crippen LogP contribution in [0.4, 0.5) is 5.69 Å². The number of para-hydroxylation sites is 1. The van der Waals surface area contributed by atoms with Crippen molar-refractivity contribution in [1.82, 2.24) is 30.9 Å². The molecular weight excluding hydrogens is 426 g/mol. The van der Waals surface area contributed by atoms with Crippen LogP contribution in [-0.4, -0.2) is 48.0 Å². The number of hydrazine groups is 1. The molecule has 4 rings (SSSR count). The molecule has 1 fully saturated rings. The molecule has 170 valence electrons. The highest BCUT2D eigenvalue weighted by Crippen LogP contribution is 2.36. The van der Waals surface area contributed by atoms with Gasteiger partial charge in [-0.2, -0.15) is 0 Å². The summed E-state index contributed by atoms with van der Waals surface area (Å²) in [5.41, 5.74) is 25.3. The molecule has 0 spiro atoms. The molecule has 1 unspecified atom stereocenters. The largest absolute Gasteiger partial charge is 0.397 e. The minimum atomic E-state index is 0.187. The second kappa shape index (κ2) is 10.2. The van der Waals surface area contributed by atoms with Crippen molar-refractivity contribution in [2.24, 2.45) is 22.4 Å². The van der Waals surface area contributed by atoms with Gasteiger partial charge in [0.05, 0.1) is 28.8 Å². The molecule has 2 aromatic carbocycles. The molecule has 1 aliphatic heterocycles. The standard InChI is InChI=1S/C20H29N11S/c21-8-16-28-14-3-1-2-13(19(14)29-16)12-4-5-15(18(22)17(12)20(23)30-31-24)32-27-10-11-9-25-6-7-26-11/h1-5,11,25-27,31H,6-10,21-22,24H2,(H2,23,30)(H,28,29). The lowest BCUT2D eigenvalue weighted by Gasteiger charge is -2.24. The predicted molar refractivity (Wildman–Crippen MR) is 130 cm³/mol. The molecule has 0 saturated carbocycles. The number of nitrogens with one attached hydrogen (secondary N) is 5. The van der Waals surface area contributed by atoms with E-state index in [1.807, 2.05) is 30.3 Å². The van der Waals surface area contributed by atoms with Crippen LogP contribution >= 0.6 is 11.9 Å². The van der Waals surface area contributed by atoms with Gasteiger partial charge < -0.3 is 32.8 Å². The van der Waals surface area contributed by atoms with Crippen molar-refractivity contribution in [2.75, 3.05) is 31.9 Å². The van der Waals surface area contributed by atoms with Gasteiger partial charge in [0.25, 0.3) is 0 Å². The zero-order chi connectivity index (χ0) is 22.5. The quantitative estimate of drug-likeness (QED) is 0.0534. The number of anilines is 1. The molecule has 0 bridgehead atoms. The summed E-state index contributed by atoms with van der Waals surface area (Å²) >= 11 is 1.46. The number of hydrogen-bond donors (Lipinski definition) is 9. The Bertz CT molecular complexity index is 1100. The molecule has 3 aromatic rings. The molecule has 32 heavy (non-hydrogen) atoms. The Morgan fingerprint density at radius 3 is 2.84 bits per heavy atom. The van der Waals surface area contributed by atoms with E-state index in [2.05, 4.69) is 36.0 Å². The van der Waals surface area contributed by atoms with Gasteiger partial charge in [-0.25, -0.2) is 16.4 Å². The minimum Gasteiger partial charge on any atom is -0.397 e. The zero-order valence-electron chi connectivity index (χ0n) is 17.6. The maximum absolute atomic E-state index is 6.58. The van der Waals surface area contributed by atoms with Crippen LogP contribution in [0.2, 0.25) is 0 Å². The third-order valence-corrected chi connectivity index (χ3v) is 6.22. The van der Waals surface area contributed by atoms with Crippen LogP contribution in [-0.2, 0) is 6.54 Å². The Morgan fingerprint density at radius 1 is 1.22 bits per heavy atom. The molecule has 0 radical (unpaired) electrons. The summed E-state index contributed by atoms with van der Waals surface area (Å²) in [5.74, 6) is 6.29. The average molecular weight is 456 g/mol. The van der Waals surface area contributed by atoms with Crippen LogP contribution in [0.3, 0.4) is 0 Å². The Hall–Kier alpha value is -2.87. The first-order valence-corrected chi connectivity index (χ1v) is 11.2. The van der Waals surface area contributed by atoms with Crippen molar-refractivity contribution in [3.63, 3.8) is 0 Å². The first-order valence-electron chi connectivity index (χ1n) is 10.4. The van der Waals surface area contributed by atoms with Crippen LogP contribution in [0.5, 0.6) is 0 Å². The van der Waals surface area contributed by atoms with Crippen LogP contribution in [0.15, 0.2) is 40.3 Å². The van der Waals surface area contributed by atoms with Gasteiger partial charge in [-0.1, -0.05) is 18.2 Å². The fraction of sp³-hybridized carbons (Fsp3) is 0.300. The van der Waals surface area contributed by atoms with E-state index >= 15 is 0 Å². The van der Waals surface area contributed by atoms with Gasteiger partial charge >= 0.3 is 0 Å². The highest BCUT2D eigenvalue weighted by atomic mass is 32.2. The highest BCUT2D eigenvalue weighted by Gasteiger charge is 2.20. The molecule has 11 nitrogen and oxygen atoms in total. The predicted octanol–water partition coefficient (Wildman–Crippen LogP) is -0.487. The van der Waals surface area contributed by atoms with Gasteiger partial charge in [-0.3, -0.25) is 4.72 Å². The molecule has 13 N–H and O–H groups in total. The number of imidazole rings is 1. The van der Waals surface area contributed by atoms with Crippen LogP contribution in [0.1, 0.15) is 11.4 Å². The molecule has 0 amide bonds. The molecule has 0 aliphatic carbocycles. The number of amidine groups is 1. The number of H-pyrrole nitrogens is 1. The van der Waals surface area contributed by atoms with E-state index in [0.29, 0.717) is 29.7 Å². The number of aromatic amines is 1. The average Bonchev–Trinajstić information content (AvgIpc) is 3.24. The maximum atomic E-state index is 6.58. The Labute approximate surface area is 190 Å². The number of nitrogen functional groups attached to an aromatic ring is 1. The van der Waals surface area contributed by atoms with Crippen LogP contribution in [0, 0.1) is 0 Å². The molecule has 1 aromatic heterocycles. The Balaban J connectivity index is 1.69. The van der Waals surface area contributed by atoms with Crippen molar-refractivity contribution in [2.45, 2.75) is 17.5 Å². The first kappa shape index (κ1) is 22.3. The first-order chi connectivity index (χ1) is 15.6. The molecule has 1 saturated heterocycles. The minimum absolute atomic E-state index is 0.187. The van der Waals surface area contributed by atoms with Gasteiger partial charge in [0.2, 0.25) is 0 Å². The van der Waals surface area contributed by atoms with Crippen LogP contribution in [0.25, 0.3) is 22.2 Å². The highest BCUT2D eigenvalue weighted by molar-refractivity contribution is 7.97. The van der Waals surface area contributed by atoms with E-state index in [1.54, 1.807) is 0 Å². The summed E-state index contributed by atoms with van der Waals surface area (Å²) in [6, 6.07) is 10.2. The number of aromatic nitrogens is 2. The number of benzene rings is 2. The molecular formula is C20H29N11S. The van der Waals surface area contributed by atoms with E-state index in [4.69, 9.17) is 23.0 Å². The number of nitrogens with two attached hydrogens (primary N) is 4. The monoisotopic (exact) mass is 455 g/mol. The third kappa shape index (κ3) is 4.65. The third-order valence-electron chi connectivity index (χ3n) is 5.33. The van der Waals surface area contributed by atoms with Gasteiger partial charge in [-0.15, -0.1) is 5.10 Å². The lowest BCUT2D eigenvalue weighted by Crippen LogP contribution is -2.51. The van der Waals surface area contributed by atoms with Gasteiger partial charge in [0.1, 0.15) is 5.82 Å². The van der Waals surface area contributed by atoms with Crippen molar-refractivity contribution < 1.29 is 0 Å². The molecule has 1 atom stereocenters. The Morgan fingerprint density at radius 2 is 2.09 bits per heavy atom. The lowest BCUT2D eigenvalue weighted by molar-refractivity contribution is 0.419. The molecule has 12 heteroatoms. The van der Waals surface area contributed by atoms with E-state index in [-0.39, 0.29) is 5.84 Å². The normalized spacial score (nSPS) is 17.1. The van der Waals surface area contributed by atoms with E-state index in [0.717, 1.165) is 53.2 Å². The summed E-state index contributed by atoms with van der Waals surface area (Å²) in [6.45, 7) is 3.98. The molecule has 2 heterocycles. The Kier molecular flexibility index (Phi) is 7.09. The number of hydrogen-bond acceptors (Lipinski definition) is 10. The van der Waals surface area contributed by atoms with Gasteiger partial charge in [0, 0.05) is 42.7 Å². The van der Waals surface area contributed by atoms with Crippen molar-refractivity contribution >= 4 is 34.5 Å². The second-order valence-corrected chi connectivity index (χ2v) is 8.35. The fourth-order valence-corrected chi connectivity index (χ4v) is 4.58. The SMILES string of the molecule is NCc1nc2c(-c3ccc(SNCC4CNCCN4)c(N)c3/C(N)=N/NN)cccc2[nH]1. The van der Waals surface area contributed by atoms with Gasteiger partial charge in [-0.05, 0) is 29.6 Å². The number of piperazine rings is 1. The number of hydrazone groups is 1. The summed E-state index contributed by atoms with van der Waals surface area (Å²) in [5, 5.41) is 10.8. The van der Waals surface area contributed by atoms with Crippen LogP contribution < -0.4 is 43.9 Å². The van der Waals surface area contributed by atoms with Gasteiger partial charge in [0.15, 0.2) is 5.84 Å². The summed E-state index contributed by atoms with van der Waals surface area (Å²) in [6.07, 6.45) is 0. The lowest BCUT2D eigenvalue weighted by atomic mass is 9.96. The maximum Gasteiger partial charge on any atom is 0.154 e. The second-order valence-electron chi connectivity index (χ2n) is 7.42. The fourth-order valence-electron chi connectivity index (χ4n) is 3.79. The molecule has 1 aliphatic rings.